The molecule has 3 unspecified atom stereocenters. The van der Waals surface area contributed by atoms with Gasteiger partial charge in [-0.25, -0.2) is 0 Å². The molecule has 1 fully saturated rings. The lowest BCUT2D eigenvalue weighted by molar-refractivity contribution is 0.0546. The van der Waals surface area contributed by atoms with Crippen LogP contribution in [0.5, 0.6) is 0 Å². The first-order chi connectivity index (χ1) is 7.94. The van der Waals surface area contributed by atoms with E-state index >= 15 is 0 Å². The molecule has 0 saturated carbocycles. The van der Waals surface area contributed by atoms with E-state index in [-0.39, 0.29) is 0 Å². The van der Waals surface area contributed by atoms with Crippen LogP contribution in [-0.4, -0.2) is 25.3 Å². The van der Waals surface area contributed by atoms with Crippen LogP contribution in [0.15, 0.2) is 0 Å². The predicted molar refractivity (Wildman–Crippen MR) is 74.3 cm³/mol. The topological polar surface area (TPSA) is 21.3 Å². The third kappa shape index (κ3) is 5.39. The zero-order valence-electron chi connectivity index (χ0n) is 12.4. The summed E-state index contributed by atoms with van der Waals surface area (Å²) >= 11 is 0. The van der Waals surface area contributed by atoms with Gasteiger partial charge in [0.15, 0.2) is 0 Å². The molecule has 1 rings (SSSR count). The summed E-state index contributed by atoms with van der Waals surface area (Å²) in [6, 6.07) is 0.548. The Bertz CT molecular complexity index is 209. The maximum atomic E-state index is 5.93. The molecule has 0 radical (unpaired) electrons. The van der Waals surface area contributed by atoms with Crippen LogP contribution in [-0.2, 0) is 4.74 Å². The van der Waals surface area contributed by atoms with Gasteiger partial charge in [-0.3, -0.25) is 0 Å². The average Bonchev–Trinajstić information content (AvgIpc) is 2.63. The van der Waals surface area contributed by atoms with E-state index in [1.807, 2.05) is 0 Å². The molecule has 1 aliphatic heterocycles. The van der Waals surface area contributed by atoms with Gasteiger partial charge in [0.1, 0.15) is 0 Å². The molecule has 1 N–H and O–H groups in total. The lowest BCUT2D eigenvalue weighted by atomic mass is 9.85. The van der Waals surface area contributed by atoms with Gasteiger partial charge >= 0.3 is 0 Å². The zero-order valence-corrected chi connectivity index (χ0v) is 12.4. The second-order valence-electron chi connectivity index (χ2n) is 6.76. The summed E-state index contributed by atoms with van der Waals surface area (Å²) in [7, 11) is 0. The Hall–Kier alpha value is -0.0800. The van der Waals surface area contributed by atoms with Crippen molar-refractivity contribution in [2.75, 3.05) is 13.2 Å². The van der Waals surface area contributed by atoms with Crippen molar-refractivity contribution in [3.05, 3.63) is 0 Å². The van der Waals surface area contributed by atoms with Gasteiger partial charge in [-0.1, -0.05) is 34.6 Å². The molecule has 0 amide bonds. The molecule has 0 aromatic heterocycles. The quantitative estimate of drug-likeness (QED) is 0.767. The average molecular weight is 241 g/mol. The van der Waals surface area contributed by atoms with Gasteiger partial charge in [0.2, 0.25) is 0 Å². The molecule has 0 aromatic rings. The largest absolute Gasteiger partial charge is 0.376 e. The third-order valence-corrected chi connectivity index (χ3v) is 3.70. The Morgan fingerprint density at radius 1 is 1.35 bits per heavy atom. The molecule has 1 aliphatic rings. The van der Waals surface area contributed by atoms with Crippen molar-refractivity contribution in [2.24, 2.45) is 11.3 Å². The standard InChI is InChI=1S/C15H31NO/c1-6-10-16-13(7-9-15(3,4)5)14-12(2)8-11-17-14/h12-14,16H,6-11H2,1-5H3. The van der Waals surface area contributed by atoms with E-state index in [2.05, 4.69) is 39.9 Å². The Labute approximate surface area is 108 Å². The maximum Gasteiger partial charge on any atom is 0.0754 e. The Morgan fingerprint density at radius 2 is 2.06 bits per heavy atom. The van der Waals surface area contributed by atoms with Crippen LogP contribution in [0.2, 0.25) is 0 Å². The van der Waals surface area contributed by atoms with E-state index in [4.69, 9.17) is 4.74 Å². The highest BCUT2D eigenvalue weighted by atomic mass is 16.5. The first-order valence-corrected chi connectivity index (χ1v) is 7.29. The van der Waals surface area contributed by atoms with Crippen molar-refractivity contribution in [1.82, 2.24) is 5.32 Å². The number of ether oxygens (including phenoxy) is 1. The van der Waals surface area contributed by atoms with Gasteiger partial charge in [0.05, 0.1) is 6.10 Å². The number of hydrogen-bond acceptors (Lipinski definition) is 2. The van der Waals surface area contributed by atoms with E-state index in [1.54, 1.807) is 0 Å². The summed E-state index contributed by atoms with van der Waals surface area (Å²) < 4.78 is 5.93. The molecular weight excluding hydrogens is 210 g/mol. The fourth-order valence-electron chi connectivity index (χ4n) is 2.53. The lowest BCUT2D eigenvalue weighted by Crippen LogP contribution is -2.43. The molecular formula is C15H31NO. The van der Waals surface area contributed by atoms with Crippen LogP contribution in [0.1, 0.15) is 60.3 Å². The maximum absolute atomic E-state index is 5.93. The number of nitrogens with one attached hydrogen (secondary N) is 1. The fourth-order valence-corrected chi connectivity index (χ4v) is 2.53. The molecule has 2 heteroatoms. The molecule has 17 heavy (non-hydrogen) atoms. The van der Waals surface area contributed by atoms with E-state index in [0.29, 0.717) is 23.5 Å². The van der Waals surface area contributed by atoms with Gasteiger partial charge in [-0.05, 0) is 43.6 Å². The first-order valence-electron chi connectivity index (χ1n) is 7.29. The van der Waals surface area contributed by atoms with Crippen LogP contribution >= 0.6 is 0 Å². The van der Waals surface area contributed by atoms with Crippen molar-refractivity contribution < 1.29 is 4.74 Å². The fraction of sp³-hybridized carbons (Fsp3) is 1.00. The van der Waals surface area contributed by atoms with E-state index in [0.717, 1.165) is 13.2 Å². The lowest BCUT2D eigenvalue weighted by Gasteiger charge is -2.30. The van der Waals surface area contributed by atoms with Gasteiger partial charge in [-0.2, -0.15) is 0 Å². The summed E-state index contributed by atoms with van der Waals surface area (Å²) in [5.41, 5.74) is 0.425. The molecule has 0 spiro atoms. The molecule has 102 valence electrons. The van der Waals surface area contributed by atoms with Crippen LogP contribution in [0.25, 0.3) is 0 Å². The van der Waals surface area contributed by atoms with Crippen molar-refractivity contribution in [3.8, 4) is 0 Å². The second-order valence-corrected chi connectivity index (χ2v) is 6.76. The van der Waals surface area contributed by atoms with Crippen LogP contribution in [0, 0.1) is 11.3 Å². The highest BCUT2D eigenvalue weighted by Crippen LogP contribution is 2.28. The monoisotopic (exact) mass is 241 g/mol. The predicted octanol–water partition coefficient (Wildman–Crippen LogP) is 3.61. The van der Waals surface area contributed by atoms with Gasteiger partial charge in [-0.15, -0.1) is 0 Å². The molecule has 0 aromatic carbocycles. The van der Waals surface area contributed by atoms with Crippen molar-refractivity contribution in [1.29, 1.82) is 0 Å². The highest BCUT2D eigenvalue weighted by molar-refractivity contribution is 4.85. The van der Waals surface area contributed by atoms with E-state index in [9.17, 15) is 0 Å². The minimum absolute atomic E-state index is 0.425. The number of hydrogen-bond donors (Lipinski definition) is 1. The van der Waals surface area contributed by atoms with Crippen LogP contribution in [0.3, 0.4) is 0 Å². The summed E-state index contributed by atoms with van der Waals surface area (Å²) in [6.45, 7) is 13.6. The SMILES string of the molecule is CCCNC(CCC(C)(C)C)C1OCCC1C. The van der Waals surface area contributed by atoms with Crippen molar-refractivity contribution in [3.63, 3.8) is 0 Å². The molecule has 1 saturated heterocycles. The minimum atomic E-state index is 0.425. The van der Waals surface area contributed by atoms with Crippen LogP contribution in [0.4, 0.5) is 0 Å². The summed E-state index contributed by atoms with van der Waals surface area (Å²) in [5, 5.41) is 3.69. The van der Waals surface area contributed by atoms with E-state index in [1.165, 1.54) is 25.7 Å². The summed E-state index contributed by atoms with van der Waals surface area (Å²) in [4.78, 5) is 0. The summed E-state index contributed by atoms with van der Waals surface area (Å²) in [6.07, 6.45) is 5.36. The molecule has 2 nitrogen and oxygen atoms in total. The van der Waals surface area contributed by atoms with Gasteiger partial charge < -0.3 is 10.1 Å². The Balaban J connectivity index is 2.47. The molecule has 0 aliphatic carbocycles. The Kier molecular flexibility index (Phi) is 5.94. The first kappa shape index (κ1) is 15.0. The van der Waals surface area contributed by atoms with E-state index < -0.39 is 0 Å². The number of rotatable bonds is 6. The summed E-state index contributed by atoms with van der Waals surface area (Å²) in [5.74, 6) is 0.712. The third-order valence-electron chi connectivity index (χ3n) is 3.70. The Morgan fingerprint density at radius 3 is 2.53 bits per heavy atom. The zero-order chi connectivity index (χ0) is 12.9. The van der Waals surface area contributed by atoms with Crippen LogP contribution < -0.4 is 5.32 Å². The molecule has 1 heterocycles. The second kappa shape index (κ2) is 6.75. The molecule has 3 atom stereocenters. The highest BCUT2D eigenvalue weighted by Gasteiger charge is 2.32. The van der Waals surface area contributed by atoms with Crippen molar-refractivity contribution in [2.45, 2.75) is 72.4 Å². The smallest absolute Gasteiger partial charge is 0.0754 e. The van der Waals surface area contributed by atoms with Gasteiger partial charge in [0.25, 0.3) is 0 Å². The minimum Gasteiger partial charge on any atom is -0.376 e. The molecule has 0 bridgehead atoms. The van der Waals surface area contributed by atoms with Crippen molar-refractivity contribution >= 4 is 0 Å². The normalized spacial score (nSPS) is 27.4. The van der Waals surface area contributed by atoms with Gasteiger partial charge in [0, 0.05) is 12.6 Å².